The second-order valence-corrected chi connectivity index (χ2v) is 5.62. The van der Waals surface area contributed by atoms with Crippen molar-refractivity contribution < 1.29 is 4.79 Å². The monoisotopic (exact) mass is 318 g/mol. The Labute approximate surface area is 138 Å². The average molecular weight is 319 g/mol. The van der Waals surface area contributed by atoms with E-state index in [-0.39, 0.29) is 18.3 Å². The average Bonchev–Trinajstić information content (AvgIpc) is 2.49. The van der Waals surface area contributed by atoms with Gasteiger partial charge in [0.15, 0.2) is 0 Å². The number of nitrogens with zero attached hydrogens (tertiary/aromatic N) is 1. The molecule has 2 aromatic rings. The van der Waals surface area contributed by atoms with Crippen molar-refractivity contribution in [2.24, 2.45) is 0 Å². The number of carbonyl (C=O) groups is 1. The lowest BCUT2D eigenvalue weighted by Gasteiger charge is -2.19. The molecule has 0 aliphatic carbocycles. The van der Waals surface area contributed by atoms with Crippen LogP contribution in [0.5, 0.6) is 0 Å². The van der Waals surface area contributed by atoms with Gasteiger partial charge in [0, 0.05) is 18.4 Å². The van der Waals surface area contributed by atoms with E-state index >= 15 is 0 Å². The Morgan fingerprint density at radius 3 is 2.36 bits per heavy atom. The third-order valence-corrected chi connectivity index (χ3v) is 3.63. The fraction of sp³-hybridized carbons (Fsp3) is 0.278. The van der Waals surface area contributed by atoms with Crippen molar-refractivity contribution in [2.45, 2.75) is 26.2 Å². The first-order valence-electron chi connectivity index (χ1n) is 7.18. The van der Waals surface area contributed by atoms with Crippen LogP contribution < -0.4 is 10.6 Å². The molecular weight excluding hydrogens is 296 g/mol. The molecule has 0 unspecified atom stereocenters. The summed E-state index contributed by atoms with van der Waals surface area (Å²) in [5.74, 6) is 0.520. The minimum Gasteiger partial charge on any atom is -0.399 e. The molecule has 2 aromatic carbocycles. The van der Waals surface area contributed by atoms with Gasteiger partial charge in [-0.3, -0.25) is 4.79 Å². The number of rotatable bonds is 4. The van der Waals surface area contributed by atoms with Crippen molar-refractivity contribution in [3.05, 3.63) is 59.7 Å². The maximum atomic E-state index is 12.4. The summed E-state index contributed by atoms with van der Waals surface area (Å²) in [5.41, 5.74) is 9.51. The molecule has 0 aliphatic rings. The minimum absolute atomic E-state index is 0. The van der Waals surface area contributed by atoms with Crippen LogP contribution in [0.4, 0.5) is 11.4 Å². The number of nitrogen functional groups attached to an aromatic ring is 1. The summed E-state index contributed by atoms with van der Waals surface area (Å²) in [6, 6.07) is 15.6. The van der Waals surface area contributed by atoms with Gasteiger partial charge in [-0.15, -0.1) is 12.4 Å². The molecule has 0 saturated heterocycles. The zero-order valence-corrected chi connectivity index (χ0v) is 14.1. The highest BCUT2D eigenvalue weighted by Crippen LogP contribution is 2.21. The maximum absolute atomic E-state index is 12.4. The first-order valence-corrected chi connectivity index (χ1v) is 7.18. The SMILES string of the molecule is CC(C)c1cccc(N(C)C(=O)Cc2ccc(N)cc2)c1.Cl. The Bertz CT molecular complexity index is 623. The van der Waals surface area contributed by atoms with Crippen LogP contribution in [0.2, 0.25) is 0 Å². The molecule has 118 valence electrons. The van der Waals surface area contributed by atoms with Crippen molar-refractivity contribution in [3.63, 3.8) is 0 Å². The number of nitrogens with two attached hydrogens (primary N) is 1. The van der Waals surface area contributed by atoms with Crippen LogP contribution in [-0.4, -0.2) is 13.0 Å². The number of hydrogen-bond donors (Lipinski definition) is 1. The van der Waals surface area contributed by atoms with E-state index in [1.165, 1.54) is 5.56 Å². The smallest absolute Gasteiger partial charge is 0.231 e. The summed E-state index contributed by atoms with van der Waals surface area (Å²) < 4.78 is 0. The molecule has 2 N–H and O–H groups in total. The maximum Gasteiger partial charge on any atom is 0.231 e. The Morgan fingerprint density at radius 1 is 1.14 bits per heavy atom. The summed E-state index contributed by atoms with van der Waals surface area (Å²) in [5, 5.41) is 0. The molecule has 3 nitrogen and oxygen atoms in total. The number of amides is 1. The topological polar surface area (TPSA) is 46.3 Å². The van der Waals surface area contributed by atoms with Crippen LogP contribution in [0.3, 0.4) is 0 Å². The van der Waals surface area contributed by atoms with E-state index in [9.17, 15) is 4.79 Å². The first kappa shape index (κ1) is 18.1. The summed E-state index contributed by atoms with van der Waals surface area (Å²) >= 11 is 0. The Balaban J connectivity index is 0.00000242. The van der Waals surface area contributed by atoms with E-state index in [4.69, 9.17) is 5.73 Å². The Kier molecular flexibility index (Phi) is 6.44. The lowest BCUT2D eigenvalue weighted by molar-refractivity contribution is -0.117. The van der Waals surface area contributed by atoms with Gasteiger partial charge >= 0.3 is 0 Å². The number of hydrogen-bond acceptors (Lipinski definition) is 2. The normalized spacial score (nSPS) is 10.2. The number of halogens is 1. The lowest BCUT2D eigenvalue weighted by atomic mass is 10.0. The zero-order chi connectivity index (χ0) is 15.4. The molecule has 0 aromatic heterocycles. The molecule has 0 heterocycles. The molecule has 0 aliphatic heterocycles. The van der Waals surface area contributed by atoms with Crippen LogP contribution in [0.1, 0.15) is 30.9 Å². The van der Waals surface area contributed by atoms with Crippen molar-refractivity contribution in [1.29, 1.82) is 0 Å². The fourth-order valence-corrected chi connectivity index (χ4v) is 2.17. The van der Waals surface area contributed by atoms with E-state index in [1.54, 1.807) is 4.90 Å². The highest BCUT2D eigenvalue weighted by Gasteiger charge is 2.12. The van der Waals surface area contributed by atoms with E-state index in [0.717, 1.165) is 11.3 Å². The van der Waals surface area contributed by atoms with Gasteiger partial charge in [0.2, 0.25) is 5.91 Å². The second kappa shape index (κ2) is 7.85. The van der Waals surface area contributed by atoms with E-state index in [0.29, 0.717) is 18.0 Å². The van der Waals surface area contributed by atoms with E-state index < -0.39 is 0 Å². The van der Waals surface area contributed by atoms with Gasteiger partial charge < -0.3 is 10.6 Å². The van der Waals surface area contributed by atoms with Gasteiger partial charge in [0.1, 0.15) is 0 Å². The summed E-state index contributed by atoms with van der Waals surface area (Å²) in [6.45, 7) is 4.30. The predicted octanol–water partition coefficient (Wildman–Crippen LogP) is 4.02. The molecule has 0 fully saturated rings. The van der Waals surface area contributed by atoms with Gasteiger partial charge in [-0.2, -0.15) is 0 Å². The second-order valence-electron chi connectivity index (χ2n) is 5.62. The van der Waals surface area contributed by atoms with Crippen molar-refractivity contribution in [3.8, 4) is 0 Å². The summed E-state index contributed by atoms with van der Waals surface area (Å²) in [4.78, 5) is 14.1. The van der Waals surface area contributed by atoms with E-state index in [1.807, 2.05) is 43.4 Å². The molecule has 0 spiro atoms. The van der Waals surface area contributed by atoms with Crippen LogP contribution in [0, 0.1) is 0 Å². The molecule has 1 amide bonds. The lowest BCUT2D eigenvalue weighted by Crippen LogP contribution is -2.27. The van der Waals surface area contributed by atoms with Gasteiger partial charge in [-0.25, -0.2) is 0 Å². The van der Waals surface area contributed by atoms with Gasteiger partial charge in [0.05, 0.1) is 6.42 Å². The standard InChI is InChI=1S/C18H22N2O.ClH/c1-13(2)15-5-4-6-17(12-15)20(3)18(21)11-14-7-9-16(19)10-8-14;/h4-10,12-13H,11,19H2,1-3H3;1H. The molecule has 0 bridgehead atoms. The molecule has 2 rings (SSSR count). The van der Waals surface area contributed by atoms with Gasteiger partial charge in [-0.1, -0.05) is 38.1 Å². The molecule has 0 atom stereocenters. The quantitative estimate of drug-likeness (QED) is 0.865. The van der Waals surface area contributed by atoms with Crippen LogP contribution in [0.25, 0.3) is 0 Å². The highest BCUT2D eigenvalue weighted by molar-refractivity contribution is 5.94. The van der Waals surface area contributed by atoms with Crippen LogP contribution in [-0.2, 0) is 11.2 Å². The Morgan fingerprint density at radius 2 is 1.77 bits per heavy atom. The molecular formula is C18H23ClN2O. The van der Waals surface area contributed by atoms with Gasteiger partial charge in [-0.05, 0) is 41.3 Å². The van der Waals surface area contributed by atoms with Crippen molar-refractivity contribution >= 4 is 29.7 Å². The summed E-state index contributed by atoms with van der Waals surface area (Å²) in [7, 11) is 1.82. The molecule has 22 heavy (non-hydrogen) atoms. The molecule has 4 heteroatoms. The van der Waals surface area contributed by atoms with Crippen molar-refractivity contribution in [1.82, 2.24) is 0 Å². The fourth-order valence-electron chi connectivity index (χ4n) is 2.17. The molecule has 0 radical (unpaired) electrons. The number of carbonyl (C=O) groups excluding carboxylic acids is 1. The largest absolute Gasteiger partial charge is 0.399 e. The molecule has 0 saturated carbocycles. The van der Waals surface area contributed by atoms with E-state index in [2.05, 4.69) is 26.0 Å². The van der Waals surface area contributed by atoms with Gasteiger partial charge in [0.25, 0.3) is 0 Å². The Hall–Kier alpha value is -2.00. The first-order chi connectivity index (χ1) is 9.97. The summed E-state index contributed by atoms with van der Waals surface area (Å²) in [6.07, 6.45) is 0.378. The zero-order valence-electron chi connectivity index (χ0n) is 13.2. The predicted molar refractivity (Wildman–Crippen MR) is 95.7 cm³/mol. The number of benzene rings is 2. The number of likely N-dealkylation sites (N-methyl/N-ethyl adjacent to an activating group) is 1. The van der Waals surface area contributed by atoms with Crippen molar-refractivity contribution in [2.75, 3.05) is 17.7 Å². The highest BCUT2D eigenvalue weighted by atomic mass is 35.5. The third-order valence-electron chi connectivity index (χ3n) is 3.63. The van der Waals surface area contributed by atoms with Crippen LogP contribution >= 0.6 is 12.4 Å². The minimum atomic E-state index is 0. The number of anilines is 2. The van der Waals surface area contributed by atoms with Crippen LogP contribution in [0.15, 0.2) is 48.5 Å². The third kappa shape index (κ3) is 4.50.